The van der Waals surface area contributed by atoms with Crippen molar-refractivity contribution in [3.8, 4) is 5.75 Å². The van der Waals surface area contributed by atoms with Crippen LogP contribution in [0.3, 0.4) is 0 Å². The van der Waals surface area contributed by atoms with Gasteiger partial charge in [0.05, 0.1) is 12.7 Å². The lowest BCUT2D eigenvalue weighted by atomic mass is 9.87. The molecule has 0 spiro atoms. The molecule has 0 saturated heterocycles. The lowest BCUT2D eigenvalue weighted by Gasteiger charge is -2.20. The highest BCUT2D eigenvalue weighted by molar-refractivity contribution is 6.06. The highest BCUT2D eigenvalue weighted by Crippen LogP contribution is 2.30. The van der Waals surface area contributed by atoms with E-state index >= 15 is 0 Å². The maximum absolute atomic E-state index is 12.9. The first-order valence-corrected chi connectivity index (χ1v) is 9.50. The van der Waals surface area contributed by atoms with Gasteiger partial charge in [0.1, 0.15) is 5.75 Å². The zero-order chi connectivity index (χ0) is 18.7. The molecule has 0 aliphatic heterocycles. The van der Waals surface area contributed by atoms with E-state index in [2.05, 4.69) is 38.2 Å². The Kier molecular flexibility index (Phi) is 5.36. The monoisotopic (exact) mass is 351 g/mol. The molecule has 0 bridgehead atoms. The number of hydrogen-bond donors (Lipinski definition) is 1. The van der Waals surface area contributed by atoms with Gasteiger partial charge in [0.25, 0.3) is 5.91 Å². The number of benzene rings is 2. The second kappa shape index (κ2) is 7.53. The van der Waals surface area contributed by atoms with Crippen LogP contribution in [-0.2, 0) is 18.3 Å². The fraction of sp³-hybridized carbons (Fsp3) is 0.435. The van der Waals surface area contributed by atoms with Crippen LogP contribution in [0.5, 0.6) is 5.75 Å². The SMILES string of the molecule is COc1cc2c(cc1C(=O)Nc1cccc(C(C)(C)C)c1)CCCCC2. The predicted octanol–water partition coefficient (Wildman–Crippen LogP) is 5.51. The summed E-state index contributed by atoms with van der Waals surface area (Å²) in [5, 5.41) is 3.05. The Bertz CT molecular complexity index is 802. The molecule has 3 nitrogen and oxygen atoms in total. The van der Waals surface area contributed by atoms with Crippen molar-refractivity contribution in [2.75, 3.05) is 12.4 Å². The summed E-state index contributed by atoms with van der Waals surface area (Å²) < 4.78 is 5.53. The van der Waals surface area contributed by atoms with Crippen LogP contribution in [0.2, 0.25) is 0 Å². The van der Waals surface area contributed by atoms with Crippen molar-refractivity contribution in [1.29, 1.82) is 0 Å². The van der Waals surface area contributed by atoms with Gasteiger partial charge in [-0.05, 0) is 72.1 Å². The number of rotatable bonds is 3. The van der Waals surface area contributed by atoms with Crippen molar-refractivity contribution in [3.05, 3.63) is 58.7 Å². The van der Waals surface area contributed by atoms with Crippen molar-refractivity contribution in [3.63, 3.8) is 0 Å². The van der Waals surface area contributed by atoms with E-state index < -0.39 is 0 Å². The van der Waals surface area contributed by atoms with Crippen LogP contribution in [0, 0.1) is 0 Å². The number of hydrogen-bond acceptors (Lipinski definition) is 2. The Morgan fingerprint density at radius 3 is 2.35 bits per heavy atom. The van der Waals surface area contributed by atoms with E-state index in [4.69, 9.17) is 4.74 Å². The van der Waals surface area contributed by atoms with Crippen molar-refractivity contribution in [1.82, 2.24) is 0 Å². The molecule has 0 fully saturated rings. The Morgan fingerprint density at radius 2 is 1.69 bits per heavy atom. The highest BCUT2D eigenvalue weighted by Gasteiger charge is 2.19. The van der Waals surface area contributed by atoms with Crippen LogP contribution in [0.15, 0.2) is 36.4 Å². The van der Waals surface area contributed by atoms with Crippen LogP contribution >= 0.6 is 0 Å². The van der Waals surface area contributed by atoms with Gasteiger partial charge in [-0.1, -0.05) is 39.3 Å². The molecule has 2 aromatic carbocycles. The molecule has 0 atom stereocenters. The van der Waals surface area contributed by atoms with Crippen LogP contribution in [0.25, 0.3) is 0 Å². The molecule has 1 aliphatic rings. The standard InChI is InChI=1S/C23H29NO2/c1-23(2,3)18-11-8-12-19(15-18)24-22(25)20-13-16-9-6-5-7-10-17(16)14-21(20)26-4/h8,11-15H,5-7,9-10H2,1-4H3,(H,24,25). The first-order valence-electron chi connectivity index (χ1n) is 9.50. The van der Waals surface area contributed by atoms with E-state index in [9.17, 15) is 4.79 Å². The number of nitrogens with one attached hydrogen (secondary N) is 1. The number of ether oxygens (including phenoxy) is 1. The smallest absolute Gasteiger partial charge is 0.259 e. The van der Waals surface area contributed by atoms with Gasteiger partial charge >= 0.3 is 0 Å². The summed E-state index contributed by atoms with van der Waals surface area (Å²) in [4.78, 5) is 12.9. The molecular formula is C23H29NO2. The second-order valence-corrected chi connectivity index (χ2v) is 8.17. The second-order valence-electron chi connectivity index (χ2n) is 8.17. The first-order chi connectivity index (χ1) is 12.4. The number of fused-ring (bicyclic) bond motifs is 1. The fourth-order valence-electron chi connectivity index (χ4n) is 3.55. The molecule has 0 unspecified atom stereocenters. The number of amides is 1. The minimum Gasteiger partial charge on any atom is -0.496 e. The van der Waals surface area contributed by atoms with Gasteiger partial charge < -0.3 is 10.1 Å². The Labute approximate surface area is 156 Å². The summed E-state index contributed by atoms with van der Waals surface area (Å²) in [6.07, 6.45) is 5.76. The third-order valence-corrected chi connectivity index (χ3v) is 5.15. The van der Waals surface area contributed by atoms with Gasteiger partial charge in [0, 0.05) is 5.69 Å². The molecule has 1 N–H and O–H groups in total. The minimum atomic E-state index is -0.111. The third kappa shape index (κ3) is 4.09. The summed E-state index contributed by atoms with van der Waals surface area (Å²) in [5.41, 5.74) is 5.29. The number of carbonyl (C=O) groups excluding carboxylic acids is 1. The topological polar surface area (TPSA) is 38.3 Å². The van der Waals surface area contributed by atoms with Crippen molar-refractivity contribution < 1.29 is 9.53 Å². The molecular weight excluding hydrogens is 322 g/mol. The third-order valence-electron chi connectivity index (χ3n) is 5.15. The number of methoxy groups -OCH3 is 1. The van der Waals surface area contributed by atoms with Gasteiger partial charge in [0.2, 0.25) is 0 Å². The normalized spacial score (nSPS) is 14.3. The average Bonchev–Trinajstić information content (AvgIpc) is 2.84. The molecule has 3 rings (SSSR count). The molecule has 0 radical (unpaired) electrons. The molecule has 138 valence electrons. The molecule has 3 heteroatoms. The molecule has 2 aromatic rings. The summed E-state index contributed by atoms with van der Waals surface area (Å²) in [7, 11) is 1.63. The van der Waals surface area contributed by atoms with E-state index in [0.29, 0.717) is 11.3 Å². The van der Waals surface area contributed by atoms with E-state index in [1.165, 1.54) is 36.0 Å². The van der Waals surface area contributed by atoms with Crippen LogP contribution in [-0.4, -0.2) is 13.0 Å². The minimum absolute atomic E-state index is 0.0441. The Morgan fingerprint density at radius 1 is 1.00 bits per heavy atom. The summed E-state index contributed by atoms with van der Waals surface area (Å²) in [5.74, 6) is 0.551. The maximum atomic E-state index is 12.9. The Hall–Kier alpha value is -2.29. The first kappa shape index (κ1) is 18.5. The Balaban J connectivity index is 1.89. The number of aryl methyl sites for hydroxylation is 2. The van der Waals surface area contributed by atoms with Crippen LogP contribution < -0.4 is 10.1 Å². The quantitative estimate of drug-likeness (QED) is 0.740. The van der Waals surface area contributed by atoms with Crippen LogP contribution in [0.1, 0.15) is 67.1 Å². The average molecular weight is 351 g/mol. The molecule has 0 saturated carbocycles. The van der Waals surface area contributed by atoms with Gasteiger partial charge in [0.15, 0.2) is 0 Å². The predicted molar refractivity (Wildman–Crippen MR) is 107 cm³/mol. The van der Waals surface area contributed by atoms with Gasteiger partial charge in [-0.3, -0.25) is 4.79 Å². The highest BCUT2D eigenvalue weighted by atomic mass is 16.5. The van der Waals surface area contributed by atoms with Crippen molar-refractivity contribution >= 4 is 11.6 Å². The number of anilines is 1. The van der Waals surface area contributed by atoms with E-state index in [1.54, 1.807) is 7.11 Å². The maximum Gasteiger partial charge on any atom is 0.259 e. The zero-order valence-corrected chi connectivity index (χ0v) is 16.3. The molecule has 1 amide bonds. The van der Waals surface area contributed by atoms with E-state index in [0.717, 1.165) is 18.5 Å². The van der Waals surface area contributed by atoms with E-state index in [-0.39, 0.29) is 11.3 Å². The van der Waals surface area contributed by atoms with Gasteiger partial charge in [-0.15, -0.1) is 0 Å². The van der Waals surface area contributed by atoms with Crippen molar-refractivity contribution in [2.24, 2.45) is 0 Å². The summed E-state index contributed by atoms with van der Waals surface area (Å²) >= 11 is 0. The molecule has 0 heterocycles. The fourth-order valence-corrected chi connectivity index (χ4v) is 3.55. The molecule has 1 aliphatic carbocycles. The number of carbonyl (C=O) groups is 1. The van der Waals surface area contributed by atoms with Gasteiger partial charge in [-0.25, -0.2) is 0 Å². The van der Waals surface area contributed by atoms with Crippen LogP contribution in [0.4, 0.5) is 5.69 Å². The zero-order valence-electron chi connectivity index (χ0n) is 16.3. The van der Waals surface area contributed by atoms with E-state index in [1.807, 2.05) is 24.3 Å². The summed E-state index contributed by atoms with van der Waals surface area (Å²) in [6.45, 7) is 6.51. The molecule has 26 heavy (non-hydrogen) atoms. The van der Waals surface area contributed by atoms with Gasteiger partial charge in [-0.2, -0.15) is 0 Å². The van der Waals surface area contributed by atoms with Crippen molar-refractivity contribution in [2.45, 2.75) is 58.3 Å². The lowest BCUT2D eigenvalue weighted by molar-refractivity contribution is 0.102. The molecule has 0 aromatic heterocycles. The largest absolute Gasteiger partial charge is 0.496 e. The summed E-state index contributed by atoms with van der Waals surface area (Å²) in [6, 6.07) is 12.2. The lowest BCUT2D eigenvalue weighted by Crippen LogP contribution is -2.16.